The van der Waals surface area contributed by atoms with Gasteiger partial charge in [-0.05, 0) is 37.0 Å². The van der Waals surface area contributed by atoms with Crippen LogP contribution in [0.25, 0.3) is 0 Å². The molecular formula is C23H21ClN2O3. The number of hydrogen-bond acceptors (Lipinski definition) is 3. The zero-order valence-corrected chi connectivity index (χ0v) is 16.6. The molecule has 2 aromatic carbocycles. The number of carbonyl (C=O) groups excluding carboxylic acids is 3. The number of hydrogen-bond donors (Lipinski definition) is 1. The van der Waals surface area contributed by atoms with E-state index in [-0.39, 0.29) is 18.4 Å². The fourth-order valence-electron chi connectivity index (χ4n) is 3.88. The van der Waals surface area contributed by atoms with E-state index in [0.29, 0.717) is 16.2 Å². The van der Waals surface area contributed by atoms with Crippen LogP contribution in [0.15, 0.2) is 65.7 Å². The van der Waals surface area contributed by atoms with E-state index >= 15 is 0 Å². The van der Waals surface area contributed by atoms with Crippen LogP contribution in [-0.2, 0) is 11.2 Å². The molecule has 1 aliphatic heterocycles. The molecule has 0 bridgehead atoms. The summed E-state index contributed by atoms with van der Waals surface area (Å²) in [5, 5.41) is 3.55. The van der Waals surface area contributed by atoms with Crippen LogP contribution < -0.4 is 5.32 Å². The van der Waals surface area contributed by atoms with Crippen molar-refractivity contribution in [1.82, 2.24) is 10.2 Å². The third-order valence-corrected chi connectivity index (χ3v) is 5.82. The summed E-state index contributed by atoms with van der Waals surface area (Å²) < 4.78 is 0. The molecule has 1 unspecified atom stereocenters. The molecule has 0 saturated carbocycles. The second kappa shape index (κ2) is 8.21. The maximum Gasteiger partial charge on any atom is 0.262 e. The third kappa shape index (κ3) is 3.83. The molecule has 0 radical (unpaired) electrons. The van der Waals surface area contributed by atoms with E-state index in [1.807, 2.05) is 36.4 Å². The highest BCUT2D eigenvalue weighted by molar-refractivity contribution is 6.30. The molecular weight excluding hydrogens is 388 g/mol. The molecule has 29 heavy (non-hydrogen) atoms. The van der Waals surface area contributed by atoms with Crippen LogP contribution in [0.3, 0.4) is 0 Å². The molecule has 2 atom stereocenters. The summed E-state index contributed by atoms with van der Waals surface area (Å²) >= 11 is 6.28. The van der Waals surface area contributed by atoms with Gasteiger partial charge in [-0.1, -0.05) is 60.1 Å². The van der Waals surface area contributed by atoms with Crippen LogP contribution in [0.1, 0.15) is 45.5 Å². The first kappa shape index (κ1) is 19.4. The summed E-state index contributed by atoms with van der Waals surface area (Å²) in [5.41, 5.74) is 1.53. The zero-order valence-electron chi connectivity index (χ0n) is 15.8. The molecule has 1 heterocycles. The SMILES string of the molecule is O=C(NC1CCCC=C1Cl)[C@H](Cc1ccccc1)N1C(=O)c2ccccc2C1=O. The number of imide groups is 1. The van der Waals surface area contributed by atoms with Gasteiger partial charge in [0.1, 0.15) is 6.04 Å². The highest BCUT2D eigenvalue weighted by Crippen LogP contribution is 2.27. The quantitative estimate of drug-likeness (QED) is 0.767. The maximum absolute atomic E-state index is 13.2. The van der Waals surface area contributed by atoms with E-state index in [2.05, 4.69) is 5.32 Å². The van der Waals surface area contributed by atoms with Crippen LogP contribution in [0.5, 0.6) is 0 Å². The van der Waals surface area contributed by atoms with Gasteiger partial charge in [0.25, 0.3) is 11.8 Å². The lowest BCUT2D eigenvalue weighted by molar-refractivity contribution is -0.125. The van der Waals surface area contributed by atoms with Crippen molar-refractivity contribution < 1.29 is 14.4 Å². The third-order valence-electron chi connectivity index (χ3n) is 5.40. The van der Waals surface area contributed by atoms with Crippen molar-refractivity contribution in [2.45, 2.75) is 37.8 Å². The van der Waals surface area contributed by atoms with Gasteiger partial charge in [0, 0.05) is 11.5 Å². The predicted molar refractivity (Wildman–Crippen MR) is 111 cm³/mol. The van der Waals surface area contributed by atoms with Gasteiger partial charge in [-0.3, -0.25) is 19.3 Å². The highest BCUT2D eigenvalue weighted by atomic mass is 35.5. The van der Waals surface area contributed by atoms with E-state index in [1.165, 1.54) is 0 Å². The van der Waals surface area contributed by atoms with E-state index in [9.17, 15) is 14.4 Å². The van der Waals surface area contributed by atoms with E-state index in [1.54, 1.807) is 24.3 Å². The number of halogens is 1. The number of amides is 3. The number of rotatable bonds is 5. The number of allylic oxidation sites excluding steroid dienone is 1. The predicted octanol–water partition coefficient (Wildman–Crippen LogP) is 3.69. The molecule has 0 spiro atoms. The molecule has 0 aromatic heterocycles. The standard InChI is InChI=1S/C23H21ClN2O3/c24-18-12-6-7-13-19(18)25-21(27)20(14-15-8-2-1-3-9-15)26-22(28)16-10-4-5-11-17(16)23(26)29/h1-5,8-12,19-20H,6-7,13-14H2,(H,25,27)/t19?,20-/m0/s1. The lowest BCUT2D eigenvalue weighted by Crippen LogP contribution is -2.53. The molecule has 2 aromatic rings. The van der Waals surface area contributed by atoms with Crippen molar-refractivity contribution in [3.63, 3.8) is 0 Å². The minimum absolute atomic E-state index is 0.242. The summed E-state index contributed by atoms with van der Waals surface area (Å²) in [6.45, 7) is 0. The van der Waals surface area contributed by atoms with Gasteiger partial charge >= 0.3 is 0 Å². The fourth-order valence-corrected chi connectivity index (χ4v) is 4.15. The van der Waals surface area contributed by atoms with Gasteiger partial charge in [0.05, 0.1) is 17.2 Å². The Balaban J connectivity index is 1.65. The summed E-state index contributed by atoms with van der Waals surface area (Å²) in [5.74, 6) is -1.25. The van der Waals surface area contributed by atoms with Crippen molar-refractivity contribution >= 4 is 29.3 Å². The average molecular weight is 409 g/mol. The molecule has 1 N–H and O–H groups in total. The minimum Gasteiger partial charge on any atom is -0.347 e. The van der Waals surface area contributed by atoms with Crippen LogP contribution >= 0.6 is 11.6 Å². The van der Waals surface area contributed by atoms with E-state index in [4.69, 9.17) is 11.6 Å². The lowest BCUT2D eigenvalue weighted by Gasteiger charge is -2.29. The molecule has 1 aliphatic carbocycles. The first-order valence-corrected chi connectivity index (χ1v) is 10.1. The maximum atomic E-state index is 13.2. The van der Waals surface area contributed by atoms with Crippen molar-refractivity contribution in [2.75, 3.05) is 0 Å². The highest BCUT2D eigenvalue weighted by Gasteiger charge is 2.43. The first-order chi connectivity index (χ1) is 14.1. The normalized spacial score (nSPS) is 19.6. The molecule has 4 rings (SSSR count). The smallest absolute Gasteiger partial charge is 0.262 e. The van der Waals surface area contributed by atoms with Gasteiger partial charge in [0.2, 0.25) is 5.91 Å². The molecule has 2 aliphatic rings. The zero-order chi connectivity index (χ0) is 20.4. The number of fused-ring (bicyclic) bond motifs is 1. The Kier molecular flexibility index (Phi) is 5.49. The number of carbonyl (C=O) groups is 3. The molecule has 5 nitrogen and oxygen atoms in total. The van der Waals surface area contributed by atoms with Crippen molar-refractivity contribution in [1.29, 1.82) is 0 Å². The van der Waals surface area contributed by atoms with Crippen LogP contribution in [0.2, 0.25) is 0 Å². The Bertz CT molecular complexity index is 952. The van der Waals surface area contributed by atoms with Gasteiger partial charge in [-0.2, -0.15) is 0 Å². The Morgan fingerprint density at radius 2 is 1.66 bits per heavy atom. The van der Waals surface area contributed by atoms with Gasteiger partial charge in [0.15, 0.2) is 0 Å². The number of nitrogens with one attached hydrogen (secondary N) is 1. The monoisotopic (exact) mass is 408 g/mol. The molecule has 3 amide bonds. The van der Waals surface area contributed by atoms with Gasteiger partial charge in [-0.15, -0.1) is 0 Å². The molecule has 0 saturated heterocycles. The molecule has 6 heteroatoms. The molecule has 0 fully saturated rings. The summed E-state index contributed by atoms with van der Waals surface area (Å²) in [6.07, 6.45) is 4.70. The van der Waals surface area contributed by atoms with E-state index < -0.39 is 17.9 Å². The van der Waals surface area contributed by atoms with Crippen LogP contribution in [-0.4, -0.2) is 34.7 Å². The topological polar surface area (TPSA) is 66.5 Å². The summed E-state index contributed by atoms with van der Waals surface area (Å²) in [7, 11) is 0. The summed E-state index contributed by atoms with van der Waals surface area (Å²) in [6, 6.07) is 14.8. The average Bonchev–Trinajstić information content (AvgIpc) is 2.99. The lowest BCUT2D eigenvalue weighted by atomic mass is 10.00. The first-order valence-electron chi connectivity index (χ1n) is 9.73. The Morgan fingerprint density at radius 1 is 1.03 bits per heavy atom. The second-order valence-corrected chi connectivity index (χ2v) is 7.75. The minimum atomic E-state index is -0.948. The fraction of sp³-hybridized carbons (Fsp3) is 0.261. The largest absolute Gasteiger partial charge is 0.347 e. The number of nitrogens with zero attached hydrogens (tertiary/aromatic N) is 1. The Morgan fingerprint density at radius 3 is 2.28 bits per heavy atom. The Hall–Kier alpha value is -2.92. The van der Waals surface area contributed by atoms with Gasteiger partial charge < -0.3 is 5.32 Å². The van der Waals surface area contributed by atoms with Crippen LogP contribution in [0.4, 0.5) is 0 Å². The van der Waals surface area contributed by atoms with Crippen molar-refractivity contribution in [3.05, 3.63) is 82.4 Å². The van der Waals surface area contributed by atoms with Crippen LogP contribution in [0, 0.1) is 0 Å². The van der Waals surface area contributed by atoms with E-state index in [0.717, 1.165) is 29.7 Å². The summed E-state index contributed by atoms with van der Waals surface area (Å²) in [4.78, 5) is 40.3. The number of benzene rings is 2. The second-order valence-electron chi connectivity index (χ2n) is 7.31. The molecule has 148 valence electrons. The van der Waals surface area contributed by atoms with Gasteiger partial charge in [-0.25, -0.2) is 0 Å². The van der Waals surface area contributed by atoms with Crippen molar-refractivity contribution in [3.8, 4) is 0 Å². The Labute approximate surface area is 174 Å². The van der Waals surface area contributed by atoms with Crippen molar-refractivity contribution in [2.24, 2.45) is 0 Å².